The highest BCUT2D eigenvalue weighted by atomic mass is 16.5. The maximum absolute atomic E-state index is 5.42. The fraction of sp³-hybridized carbons (Fsp3) is 0.357. The summed E-state index contributed by atoms with van der Waals surface area (Å²) in [5.74, 6) is 1.90. The Labute approximate surface area is 108 Å². The summed E-state index contributed by atoms with van der Waals surface area (Å²) in [5, 5.41) is 3.13. The van der Waals surface area contributed by atoms with Crippen LogP contribution in [0.25, 0.3) is 11.3 Å². The Balaban J connectivity index is 2.57. The lowest BCUT2D eigenvalue weighted by molar-refractivity contribution is 0.416. The first-order chi connectivity index (χ1) is 8.69. The van der Waals surface area contributed by atoms with Gasteiger partial charge in [-0.3, -0.25) is 0 Å². The maximum atomic E-state index is 5.42. The van der Waals surface area contributed by atoms with Crippen LogP contribution in [-0.4, -0.2) is 23.7 Å². The van der Waals surface area contributed by atoms with Crippen LogP contribution in [0.1, 0.15) is 11.5 Å². The number of hydrogen-bond acceptors (Lipinski definition) is 3. The van der Waals surface area contributed by atoms with Crippen molar-refractivity contribution in [2.24, 2.45) is 7.05 Å². The number of aryl methyl sites for hydroxylation is 1. The van der Waals surface area contributed by atoms with Gasteiger partial charge in [0, 0.05) is 12.6 Å². The predicted molar refractivity (Wildman–Crippen MR) is 72.7 cm³/mol. The molecule has 0 aliphatic heterocycles. The summed E-state index contributed by atoms with van der Waals surface area (Å²) in [5.41, 5.74) is 3.21. The Morgan fingerprint density at radius 2 is 2.06 bits per heavy atom. The second kappa shape index (κ2) is 5.23. The molecule has 0 saturated heterocycles. The number of imidazole rings is 1. The molecule has 0 aliphatic carbocycles. The molecule has 0 amide bonds. The molecule has 96 valence electrons. The number of hydrogen-bond donors (Lipinski definition) is 1. The Bertz CT molecular complexity index is 546. The van der Waals surface area contributed by atoms with Gasteiger partial charge in [-0.15, -0.1) is 0 Å². The van der Waals surface area contributed by atoms with Crippen LogP contribution in [0, 0.1) is 6.92 Å². The molecule has 1 heterocycles. The highest BCUT2D eigenvalue weighted by molar-refractivity contribution is 5.69. The van der Waals surface area contributed by atoms with Crippen LogP contribution in [0.5, 0.6) is 5.75 Å². The van der Waals surface area contributed by atoms with Crippen LogP contribution in [0.15, 0.2) is 24.3 Å². The van der Waals surface area contributed by atoms with E-state index >= 15 is 0 Å². The highest BCUT2D eigenvalue weighted by Crippen LogP contribution is 2.31. The van der Waals surface area contributed by atoms with E-state index in [2.05, 4.69) is 20.9 Å². The van der Waals surface area contributed by atoms with Crippen LogP contribution in [0.4, 0.5) is 0 Å². The van der Waals surface area contributed by atoms with E-state index in [9.17, 15) is 0 Å². The smallest absolute Gasteiger partial charge is 0.128 e. The normalized spacial score (nSPS) is 10.7. The minimum atomic E-state index is 0.756. The minimum Gasteiger partial charge on any atom is -0.496 e. The summed E-state index contributed by atoms with van der Waals surface area (Å²) in [6.07, 6.45) is 0. The second-order valence-corrected chi connectivity index (χ2v) is 4.25. The van der Waals surface area contributed by atoms with Gasteiger partial charge in [0.2, 0.25) is 0 Å². The van der Waals surface area contributed by atoms with Gasteiger partial charge in [-0.1, -0.05) is 12.1 Å². The summed E-state index contributed by atoms with van der Waals surface area (Å²) >= 11 is 0. The molecule has 1 aromatic carbocycles. The number of nitrogens with zero attached hydrogens (tertiary/aromatic N) is 2. The van der Waals surface area contributed by atoms with Gasteiger partial charge in [-0.2, -0.15) is 0 Å². The van der Waals surface area contributed by atoms with Gasteiger partial charge in [0.15, 0.2) is 0 Å². The fourth-order valence-electron chi connectivity index (χ4n) is 2.23. The molecule has 18 heavy (non-hydrogen) atoms. The van der Waals surface area contributed by atoms with Crippen molar-refractivity contribution in [3.8, 4) is 17.0 Å². The molecule has 1 N–H and O–H groups in total. The fourth-order valence-corrected chi connectivity index (χ4v) is 2.23. The van der Waals surface area contributed by atoms with E-state index in [-0.39, 0.29) is 0 Å². The van der Waals surface area contributed by atoms with E-state index in [1.807, 2.05) is 39.2 Å². The van der Waals surface area contributed by atoms with Crippen molar-refractivity contribution in [1.82, 2.24) is 14.9 Å². The van der Waals surface area contributed by atoms with Crippen molar-refractivity contribution in [3.63, 3.8) is 0 Å². The highest BCUT2D eigenvalue weighted by Gasteiger charge is 2.15. The lowest BCUT2D eigenvalue weighted by Crippen LogP contribution is -2.10. The summed E-state index contributed by atoms with van der Waals surface area (Å²) in [7, 11) is 5.65. The molecule has 0 saturated carbocycles. The number of aromatic nitrogens is 2. The van der Waals surface area contributed by atoms with E-state index in [4.69, 9.17) is 4.74 Å². The van der Waals surface area contributed by atoms with Crippen molar-refractivity contribution >= 4 is 0 Å². The number of benzene rings is 1. The van der Waals surface area contributed by atoms with Gasteiger partial charge in [-0.05, 0) is 26.1 Å². The summed E-state index contributed by atoms with van der Waals surface area (Å²) in [6.45, 7) is 2.79. The van der Waals surface area contributed by atoms with E-state index in [1.165, 1.54) is 0 Å². The topological polar surface area (TPSA) is 39.1 Å². The van der Waals surface area contributed by atoms with E-state index in [1.54, 1.807) is 7.11 Å². The summed E-state index contributed by atoms with van der Waals surface area (Å²) in [4.78, 5) is 4.60. The van der Waals surface area contributed by atoms with Gasteiger partial charge in [0.1, 0.15) is 11.6 Å². The lowest BCUT2D eigenvalue weighted by Gasteiger charge is -2.10. The number of methoxy groups -OCH3 is 1. The van der Waals surface area contributed by atoms with Gasteiger partial charge in [0.25, 0.3) is 0 Å². The third-order valence-electron chi connectivity index (χ3n) is 3.06. The van der Waals surface area contributed by atoms with Crippen molar-refractivity contribution in [2.45, 2.75) is 13.5 Å². The molecule has 1 aromatic heterocycles. The Kier molecular flexibility index (Phi) is 3.67. The van der Waals surface area contributed by atoms with Crippen LogP contribution in [0.2, 0.25) is 0 Å². The zero-order valence-electron chi connectivity index (χ0n) is 11.3. The number of para-hydroxylation sites is 1. The van der Waals surface area contributed by atoms with Crippen LogP contribution >= 0.6 is 0 Å². The standard InChI is InChI=1S/C14H19N3O/c1-10-14(17(3)13(16-10)9-15-2)11-7-5-6-8-12(11)18-4/h5-8,15H,9H2,1-4H3. The summed E-state index contributed by atoms with van der Waals surface area (Å²) < 4.78 is 7.54. The molecule has 0 fully saturated rings. The molecule has 0 radical (unpaired) electrons. The molecule has 4 heteroatoms. The molecular weight excluding hydrogens is 226 g/mol. The Morgan fingerprint density at radius 1 is 1.33 bits per heavy atom. The zero-order valence-corrected chi connectivity index (χ0v) is 11.3. The van der Waals surface area contributed by atoms with Crippen molar-refractivity contribution in [2.75, 3.05) is 14.2 Å². The van der Waals surface area contributed by atoms with E-state index in [0.717, 1.165) is 35.1 Å². The van der Waals surface area contributed by atoms with Crippen LogP contribution < -0.4 is 10.1 Å². The third kappa shape index (κ3) is 2.11. The van der Waals surface area contributed by atoms with Crippen molar-refractivity contribution in [1.29, 1.82) is 0 Å². The largest absolute Gasteiger partial charge is 0.496 e. The Morgan fingerprint density at radius 3 is 2.72 bits per heavy atom. The summed E-state index contributed by atoms with van der Waals surface area (Å²) in [6, 6.07) is 8.02. The third-order valence-corrected chi connectivity index (χ3v) is 3.06. The number of nitrogens with one attached hydrogen (secondary N) is 1. The molecule has 0 spiro atoms. The quantitative estimate of drug-likeness (QED) is 0.896. The molecule has 0 aliphatic rings. The molecule has 0 unspecified atom stereocenters. The molecule has 0 atom stereocenters. The van der Waals surface area contributed by atoms with Crippen molar-refractivity contribution in [3.05, 3.63) is 35.8 Å². The zero-order chi connectivity index (χ0) is 13.1. The average molecular weight is 245 g/mol. The van der Waals surface area contributed by atoms with Gasteiger partial charge in [-0.25, -0.2) is 4.98 Å². The van der Waals surface area contributed by atoms with Crippen molar-refractivity contribution < 1.29 is 4.74 Å². The number of rotatable bonds is 4. The lowest BCUT2D eigenvalue weighted by atomic mass is 10.1. The van der Waals surface area contributed by atoms with Crippen LogP contribution in [-0.2, 0) is 13.6 Å². The molecular formula is C14H19N3O. The maximum Gasteiger partial charge on any atom is 0.128 e. The monoisotopic (exact) mass is 245 g/mol. The van der Waals surface area contributed by atoms with E-state index < -0.39 is 0 Å². The minimum absolute atomic E-state index is 0.756. The molecule has 2 rings (SSSR count). The average Bonchev–Trinajstić information content (AvgIpc) is 2.65. The van der Waals surface area contributed by atoms with E-state index in [0.29, 0.717) is 0 Å². The first kappa shape index (κ1) is 12.6. The number of ether oxygens (including phenoxy) is 1. The van der Waals surface area contributed by atoms with Gasteiger partial charge >= 0.3 is 0 Å². The van der Waals surface area contributed by atoms with Gasteiger partial charge in [0.05, 0.1) is 25.0 Å². The van der Waals surface area contributed by atoms with Gasteiger partial charge < -0.3 is 14.6 Å². The van der Waals surface area contributed by atoms with Crippen LogP contribution in [0.3, 0.4) is 0 Å². The predicted octanol–water partition coefficient (Wildman–Crippen LogP) is 2.12. The second-order valence-electron chi connectivity index (χ2n) is 4.25. The molecule has 0 bridgehead atoms. The SMILES string of the molecule is CNCc1nc(C)c(-c2ccccc2OC)n1C. The first-order valence-electron chi connectivity index (χ1n) is 5.99. The Hall–Kier alpha value is -1.81. The molecule has 2 aromatic rings. The first-order valence-corrected chi connectivity index (χ1v) is 5.99. The molecule has 4 nitrogen and oxygen atoms in total.